The molecule has 20 heavy (non-hydrogen) atoms. The summed E-state index contributed by atoms with van der Waals surface area (Å²) in [5, 5.41) is 0.526. The number of rotatable bonds is 4. The number of hydrogen-bond donors (Lipinski definition) is 0. The first kappa shape index (κ1) is 14.5. The molecule has 2 rings (SSSR count). The lowest BCUT2D eigenvalue weighted by molar-refractivity contribution is 0.0752. The third kappa shape index (κ3) is 3.58. The first-order valence-corrected chi connectivity index (χ1v) is 6.77. The lowest BCUT2D eigenvalue weighted by Crippen LogP contribution is -2.30. The van der Waals surface area contributed by atoms with E-state index in [0.717, 1.165) is 5.56 Å². The third-order valence-electron chi connectivity index (χ3n) is 3.00. The van der Waals surface area contributed by atoms with Crippen LogP contribution in [-0.2, 0) is 6.54 Å². The summed E-state index contributed by atoms with van der Waals surface area (Å²) in [5.74, 6) is -0.409. The Labute approximate surface area is 122 Å². The van der Waals surface area contributed by atoms with Crippen molar-refractivity contribution in [2.24, 2.45) is 0 Å². The van der Waals surface area contributed by atoms with Crippen molar-refractivity contribution in [1.29, 1.82) is 0 Å². The van der Waals surface area contributed by atoms with E-state index in [1.54, 1.807) is 41.3 Å². The molecule has 104 valence electrons. The molecule has 0 aliphatic carbocycles. The average Bonchev–Trinajstić information content (AvgIpc) is 2.44. The van der Waals surface area contributed by atoms with Crippen molar-refractivity contribution in [2.75, 3.05) is 6.54 Å². The fourth-order valence-electron chi connectivity index (χ4n) is 1.99. The van der Waals surface area contributed by atoms with Gasteiger partial charge in [-0.1, -0.05) is 29.8 Å². The van der Waals surface area contributed by atoms with Crippen LogP contribution < -0.4 is 0 Å². The van der Waals surface area contributed by atoms with Crippen LogP contribution in [0.3, 0.4) is 0 Å². The van der Waals surface area contributed by atoms with Gasteiger partial charge in [-0.05, 0) is 42.8 Å². The molecular formula is C16H15ClFNO. The molecule has 0 bridgehead atoms. The van der Waals surface area contributed by atoms with Crippen LogP contribution in [0.25, 0.3) is 0 Å². The fourth-order valence-corrected chi connectivity index (χ4v) is 2.18. The Morgan fingerprint density at radius 2 is 1.95 bits per heavy atom. The summed E-state index contributed by atoms with van der Waals surface area (Å²) in [4.78, 5) is 14.0. The van der Waals surface area contributed by atoms with Crippen LogP contribution >= 0.6 is 11.6 Å². The van der Waals surface area contributed by atoms with E-state index < -0.39 is 0 Å². The number of carbonyl (C=O) groups is 1. The van der Waals surface area contributed by atoms with Gasteiger partial charge in [-0.3, -0.25) is 4.79 Å². The molecule has 0 aromatic heterocycles. The second-order valence-electron chi connectivity index (χ2n) is 4.46. The number of halogens is 2. The quantitative estimate of drug-likeness (QED) is 0.829. The number of nitrogens with zero attached hydrogens (tertiary/aromatic N) is 1. The zero-order valence-electron chi connectivity index (χ0n) is 11.1. The maximum absolute atomic E-state index is 13.2. The third-order valence-corrected chi connectivity index (χ3v) is 3.24. The van der Waals surface area contributed by atoms with Crippen LogP contribution in [0.5, 0.6) is 0 Å². The molecule has 0 radical (unpaired) electrons. The Morgan fingerprint density at radius 1 is 1.20 bits per heavy atom. The zero-order chi connectivity index (χ0) is 14.5. The van der Waals surface area contributed by atoms with Crippen LogP contribution in [0, 0.1) is 5.82 Å². The van der Waals surface area contributed by atoms with Crippen molar-refractivity contribution < 1.29 is 9.18 Å². The van der Waals surface area contributed by atoms with Gasteiger partial charge in [0.2, 0.25) is 0 Å². The molecule has 0 spiro atoms. The van der Waals surface area contributed by atoms with Crippen LogP contribution in [0.2, 0.25) is 5.02 Å². The van der Waals surface area contributed by atoms with Crippen molar-refractivity contribution >= 4 is 17.5 Å². The molecule has 2 aromatic carbocycles. The highest BCUT2D eigenvalue weighted by atomic mass is 35.5. The van der Waals surface area contributed by atoms with Gasteiger partial charge in [-0.2, -0.15) is 0 Å². The molecule has 0 aliphatic heterocycles. The summed E-state index contributed by atoms with van der Waals surface area (Å²) in [7, 11) is 0. The summed E-state index contributed by atoms with van der Waals surface area (Å²) in [5.41, 5.74) is 1.30. The molecular weight excluding hydrogens is 277 g/mol. The van der Waals surface area contributed by atoms with Gasteiger partial charge in [0.05, 0.1) is 0 Å². The summed E-state index contributed by atoms with van der Waals surface area (Å²) in [6, 6.07) is 13.1. The zero-order valence-corrected chi connectivity index (χ0v) is 11.9. The molecule has 0 atom stereocenters. The largest absolute Gasteiger partial charge is 0.335 e. The highest BCUT2D eigenvalue weighted by Crippen LogP contribution is 2.15. The Kier molecular flexibility index (Phi) is 4.74. The number of hydrogen-bond acceptors (Lipinski definition) is 1. The maximum atomic E-state index is 13.2. The van der Waals surface area contributed by atoms with Crippen LogP contribution in [-0.4, -0.2) is 17.4 Å². The van der Waals surface area contributed by atoms with Crippen LogP contribution in [0.4, 0.5) is 4.39 Å². The minimum Gasteiger partial charge on any atom is -0.335 e. The summed E-state index contributed by atoms with van der Waals surface area (Å²) < 4.78 is 13.2. The van der Waals surface area contributed by atoms with E-state index >= 15 is 0 Å². The SMILES string of the molecule is CCN(Cc1cccc(F)c1)C(=O)c1cccc(Cl)c1. The van der Waals surface area contributed by atoms with Crippen molar-refractivity contribution in [3.8, 4) is 0 Å². The molecule has 2 aromatic rings. The topological polar surface area (TPSA) is 20.3 Å². The van der Waals surface area contributed by atoms with E-state index in [1.165, 1.54) is 12.1 Å². The maximum Gasteiger partial charge on any atom is 0.254 e. The lowest BCUT2D eigenvalue weighted by Gasteiger charge is -2.21. The number of amides is 1. The van der Waals surface area contributed by atoms with E-state index in [0.29, 0.717) is 23.7 Å². The van der Waals surface area contributed by atoms with E-state index in [2.05, 4.69) is 0 Å². The molecule has 0 N–H and O–H groups in total. The second kappa shape index (κ2) is 6.53. The van der Waals surface area contributed by atoms with Gasteiger partial charge in [-0.25, -0.2) is 4.39 Å². The van der Waals surface area contributed by atoms with Gasteiger partial charge in [0.1, 0.15) is 5.82 Å². The first-order valence-electron chi connectivity index (χ1n) is 6.39. The van der Waals surface area contributed by atoms with Crippen molar-refractivity contribution in [3.05, 3.63) is 70.5 Å². The van der Waals surface area contributed by atoms with E-state index in [1.807, 2.05) is 6.92 Å². The average molecular weight is 292 g/mol. The van der Waals surface area contributed by atoms with E-state index in [9.17, 15) is 9.18 Å². The predicted octanol–water partition coefficient (Wildman–Crippen LogP) is 4.14. The Bertz CT molecular complexity index is 615. The molecule has 0 saturated carbocycles. The van der Waals surface area contributed by atoms with Crippen molar-refractivity contribution in [3.63, 3.8) is 0 Å². The normalized spacial score (nSPS) is 10.3. The summed E-state index contributed by atoms with van der Waals surface area (Å²) in [6.07, 6.45) is 0. The molecule has 2 nitrogen and oxygen atoms in total. The summed E-state index contributed by atoms with van der Waals surface area (Å²) >= 11 is 5.90. The van der Waals surface area contributed by atoms with Crippen molar-refractivity contribution in [1.82, 2.24) is 4.90 Å². The van der Waals surface area contributed by atoms with Gasteiger partial charge in [0, 0.05) is 23.7 Å². The van der Waals surface area contributed by atoms with Crippen molar-refractivity contribution in [2.45, 2.75) is 13.5 Å². The predicted molar refractivity (Wildman–Crippen MR) is 78.3 cm³/mol. The molecule has 0 aliphatic rings. The smallest absolute Gasteiger partial charge is 0.254 e. The summed E-state index contributed by atoms with van der Waals surface area (Å²) in [6.45, 7) is 2.81. The van der Waals surface area contributed by atoms with Crippen LogP contribution in [0.1, 0.15) is 22.8 Å². The van der Waals surface area contributed by atoms with Gasteiger partial charge in [0.25, 0.3) is 5.91 Å². The minimum atomic E-state index is -0.297. The highest BCUT2D eigenvalue weighted by Gasteiger charge is 2.14. The standard InChI is InChI=1S/C16H15ClFNO/c1-2-19(11-12-5-3-8-15(18)9-12)16(20)13-6-4-7-14(17)10-13/h3-10H,2,11H2,1H3. The Hall–Kier alpha value is -1.87. The van der Waals surface area contributed by atoms with E-state index in [4.69, 9.17) is 11.6 Å². The molecule has 0 heterocycles. The highest BCUT2D eigenvalue weighted by molar-refractivity contribution is 6.30. The number of carbonyl (C=O) groups excluding carboxylic acids is 1. The first-order chi connectivity index (χ1) is 9.60. The Balaban J connectivity index is 2.18. The fraction of sp³-hybridized carbons (Fsp3) is 0.188. The number of benzene rings is 2. The van der Waals surface area contributed by atoms with Gasteiger partial charge >= 0.3 is 0 Å². The van der Waals surface area contributed by atoms with Gasteiger partial charge < -0.3 is 4.90 Å². The minimum absolute atomic E-state index is 0.112. The van der Waals surface area contributed by atoms with Crippen LogP contribution in [0.15, 0.2) is 48.5 Å². The second-order valence-corrected chi connectivity index (χ2v) is 4.90. The molecule has 0 fully saturated rings. The monoisotopic (exact) mass is 291 g/mol. The molecule has 0 unspecified atom stereocenters. The van der Waals surface area contributed by atoms with Gasteiger partial charge in [0.15, 0.2) is 0 Å². The lowest BCUT2D eigenvalue weighted by atomic mass is 10.1. The Morgan fingerprint density at radius 3 is 2.60 bits per heavy atom. The molecule has 1 amide bonds. The molecule has 0 saturated heterocycles. The molecule has 4 heteroatoms. The van der Waals surface area contributed by atoms with Gasteiger partial charge in [-0.15, -0.1) is 0 Å². The van der Waals surface area contributed by atoms with E-state index in [-0.39, 0.29) is 11.7 Å².